The number of ether oxygens (including phenoxy) is 1. The second kappa shape index (κ2) is 8.82. The highest BCUT2D eigenvalue weighted by molar-refractivity contribution is 7.13. The lowest BCUT2D eigenvalue weighted by Crippen LogP contribution is -2.09. The van der Waals surface area contributed by atoms with Gasteiger partial charge in [-0.3, -0.25) is 9.48 Å². The zero-order valence-electron chi connectivity index (χ0n) is 17.1. The molecule has 0 unspecified atom stereocenters. The zero-order valence-corrected chi connectivity index (χ0v) is 19.4. The van der Waals surface area contributed by atoms with Gasteiger partial charge in [-0.2, -0.15) is 10.2 Å². The highest BCUT2D eigenvalue weighted by Gasteiger charge is 2.18. The minimum atomic E-state index is -0.337. The summed E-state index contributed by atoms with van der Waals surface area (Å²) in [7, 11) is 1.85. The molecule has 3 aromatic heterocycles. The van der Waals surface area contributed by atoms with Crippen LogP contribution in [-0.4, -0.2) is 30.5 Å². The van der Waals surface area contributed by atoms with Crippen LogP contribution in [0.4, 0.5) is 0 Å². The molecule has 0 aliphatic carbocycles. The standard InChI is InChI=1S/C21H19Cl2N5O2S/c1-12-17(13(2)28(26-12)16-4-5-18(22)19(23)6-16)7-20(29)30-10-15-11-31-21(25-15)14-8-24-27(3)9-14/h4-6,8-9,11H,7,10H2,1-3H3. The van der Waals surface area contributed by atoms with Crippen molar-refractivity contribution in [2.75, 3.05) is 0 Å². The van der Waals surface area contributed by atoms with E-state index < -0.39 is 0 Å². The highest BCUT2D eigenvalue weighted by Crippen LogP contribution is 2.27. The Morgan fingerprint density at radius 1 is 1.23 bits per heavy atom. The number of halogens is 2. The molecule has 0 aliphatic heterocycles. The fourth-order valence-electron chi connectivity index (χ4n) is 3.19. The second-order valence-corrected chi connectivity index (χ2v) is 8.72. The van der Waals surface area contributed by atoms with Gasteiger partial charge in [-0.1, -0.05) is 23.2 Å². The smallest absolute Gasteiger partial charge is 0.310 e. The van der Waals surface area contributed by atoms with Crippen LogP contribution in [0.1, 0.15) is 22.6 Å². The fourth-order valence-corrected chi connectivity index (χ4v) is 4.26. The molecule has 0 saturated carbocycles. The molecular weight excluding hydrogens is 457 g/mol. The maximum Gasteiger partial charge on any atom is 0.310 e. The minimum absolute atomic E-state index is 0.120. The Hall–Kier alpha value is -2.68. The number of hydrogen-bond acceptors (Lipinski definition) is 6. The van der Waals surface area contributed by atoms with Gasteiger partial charge in [0, 0.05) is 35.4 Å². The van der Waals surface area contributed by atoms with Crippen molar-refractivity contribution in [2.45, 2.75) is 26.9 Å². The van der Waals surface area contributed by atoms with E-state index in [0.717, 1.165) is 33.2 Å². The molecule has 0 fully saturated rings. The van der Waals surface area contributed by atoms with E-state index in [9.17, 15) is 4.79 Å². The first-order valence-corrected chi connectivity index (χ1v) is 11.0. The van der Waals surface area contributed by atoms with Gasteiger partial charge in [0.15, 0.2) is 0 Å². The molecule has 1 aromatic carbocycles. The Kier molecular flexibility index (Phi) is 6.13. The van der Waals surface area contributed by atoms with Gasteiger partial charge >= 0.3 is 5.97 Å². The van der Waals surface area contributed by atoms with Crippen molar-refractivity contribution in [1.82, 2.24) is 24.5 Å². The van der Waals surface area contributed by atoms with Crippen LogP contribution in [-0.2, 0) is 29.6 Å². The Morgan fingerprint density at radius 3 is 2.74 bits per heavy atom. The minimum Gasteiger partial charge on any atom is -0.459 e. The van der Waals surface area contributed by atoms with Crippen LogP contribution < -0.4 is 0 Å². The molecule has 160 valence electrons. The quantitative estimate of drug-likeness (QED) is 0.369. The number of carbonyl (C=O) groups is 1. The average molecular weight is 476 g/mol. The average Bonchev–Trinajstić information content (AvgIpc) is 3.44. The van der Waals surface area contributed by atoms with Crippen molar-refractivity contribution in [3.8, 4) is 16.3 Å². The number of benzene rings is 1. The maximum absolute atomic E-state index is 12.5. The number of nitrogens with zero attached hydrogens (tertiary/aromatic N) is 5. The summed E-state index contributed by atoms with van der Waals surface area (Å²) in [4.78, 5) is 17.0. The van der Waals surface area contributed by atoms with E-state index in [4.69, 9.17) is 27.9 Å². The predicted octanol–water partition coefficient (Wildman–Crippen LogP) is 4.94. The number of hydrogen-bond donors (Lipinski definition) is 0. The number of rotatable bonds is 6. The summed E-state index contributed by atoms with van der Waals surface area (Å²) in [5, 5.41) is 12.3. The molecule has 0 atom stereocenters. The molecule has 0 bridgehead atoms. The largest absolute Gasteiger partial charge is 0.459 e. The molecule has 0 saturated heterocycles. The van der Waals surface area contributed by atoms with E-state index in [1.165, 1.54) is 11.3 Å². The number of esters is 1. The molecule has 31 heavy (non-hydrogen) atoms. The van der Waals surface area contributed by atoms with Crippen LogP contribution in [0.5, 0.6) is 0 Å². The van der Waals surface area contributed by atoms with Crippen molar-refractivity contribution >= 4 is 40.5 Å². The molecule has 3 heterocycles. The van der Waals surface area contributed by atoms with Gasteiger partial charge in [0.25, 0.3) is 0 Å². The molecule has 4 aromatic rings. The Bertz CT molecular complexity index is 1260. The predicted molar refractivity (Wildman–Crippen MR) is 121 cm³/mol. The fraction of sp³-hybridized carbons (Fsp3) is 0.238. The van der Waals surface area contributed by atoms with Crippen molar-refractivity contribution in [1.29, 1.82) is 0 Å². The molecule has 0 amide bonds. The lowest BCUT2D eigenvalue weighted by molar-refractivity contribution is -0.144. The number of aromatic nitrogens is 5. The SMILES string of the molecule is Cc1nn(-c2ccc(Cl)c(Cl)c2)c(C)c1CC(=O)OCc1csc(-c2cnn(C)c2)n1. The Balaban J connectivity index is 1.42. The van der Waals surface area contributed by atoms with Gasteiger partial charge < -0.3 is 4.74 Å². The first-order valence-electron chi connectivity index (χ1n) is 9.41. The van der Waals surface area contributed by atoms with Gasteiger partial charge in [0.05, 0.1) is 39.7 Å². The van der Waals surface area contributed by atoms with Crippen LogP contribution >= 0.6 is 34.5 Å². The molecule has 7 nitrogen and oxygen atoms in total. The van der Waals surface area contributed by atoms with E-state index in [-0.39, 0.29) is 19.0 Å². The molecule has 0 radical (unpaired) electrons. The van der Waals surface area contributed by atoms with Crippen LogP contribution in [0.2, 0.25) is 10.0 Å². The molecule has 0 aliphatic rings. The third kappa shape index (κ3) is 4.66. The van der Waals surface area contributed by atoms with Crippen LogP contribution in [0.3, 0.4) is 0 Å². The Labute approximate surface area is 193 Å². The lowest BCUT2D eigenvalue weighted by Gasteiger charge is -2.07. The van der Waals surface area contributed by atoms with E-state index in [1.807, 2.05) is 38.5 Å². The van der Waals surface area contributed by atoms with Crippen molar-refractivity contribution in [3.63, 3.8) is 0 Å². The summed E-state index contributed by atoms with van der Waals surface area (Å²) in [6.07, 6.45) is 3.77. The van der Waals surface area contributed by atoms with Gasteiger partial charge in [0.2, 0.25) is 0 Å². The molecule has 0 N–H and O–H groups in total. The summed E-state index contributed by atoms with van der Waals surface area (Å²) < 4.78 is 8.93. The summed E-state index contributed by atoms with van der Waals surface area (Å²) in [6.45, 7) is 3.89. The van der Waals surface area contributed by atoms with E-state index >= 15 is 0 Å². The normalized spacial score (nSPS) is 11.1. The number of aryl methyl sites for hydroxylation is 2. The van der Waals surface area contributed by atoms with E-state index in [1.54, 1.807) is 27.7 Å². The van der Waals surface area contributed by atoms with E-state index in [2.05, 4.69) is 15.2 Å². The highest BCUT2D eigenvalue weighted by atomic mass is 35.5. The second-order valence-electron chi connectivity index (χ2n) is 7.04. The topological polar surface area (TPSA) is 74.8 Å². The molecular formula is C21H19Cl2N5O2S. The molecule has 4 rings (SSSR count). The van der Waals surface area contributed by atoms with Gasteiger partial charge in [-0.05, 0) is 32.0 Å². The first-order chi connectivity index (χ1) is 14.8. The zero-order chi connectivity index (χ0) is 22.1. The maximum atomic E-state index is 12.5. The molecule has 10 heteroatoms. The molecule has 0 spiro atoms. The van der Waals surface area contributed by atoms with Crippen molar-refractivity contribution in [2.24, 2.45) is 7.05 Å². The monoisotopic (exact) mass is 475 g/mol. The first kappa shape index (κ1) is 21.5. The van der Waals surface area contributed by atoms with Gasteiger partial charge in [0.1, 0.15) is 11.6 Å². The third-order valence-electron chi connectivity index (χ3n) is 4.79. The van der Waals surface area contributed by atoms with Gasteiger partial charge in [-0.15, -0.1) is 11.3 Å². The number of thiazole rings is 1. The van der Waals surface area contributed by atoms with Crippen molar-refractivity contribution < 1.29 is 9.53 Å². The summed E-state index contributed by atoms with van der Waals surface area (Å²) in [5.41, 5.74) is 4.85. The summed E-state index contributed by atoms with van der Waals surface area (Å²) in [5.74, 6) is -0.337. The Morgan fingerprint density at radius 2 is 2.03 bits per heavy atom. The van der Waals surface area contributed by atoms with E-state index in [0.29, 0.717) is 15.7 Å². The van der Waals surface area contributed by atoms with Gasteiger partial charge in [-0.25, -0.2) is 9.67 Å². The summed E-state index contributed by atoms with van der Waals surface area (Å²) >= 11 is 13.6. The third-order valence-corrected chi connectivity index (χ3v) is 6.47. The lowest BCUT2D eigenvalue weighted by atomic mass is 10.1. The van der Waals surface area contributed by atoms with Crippen LogP contribution in [0.15, 0.2) is 36.0 Å². The van der Waals surface area contributed by atoms with Crippen LogP contribution in [0.25, 0.3) is 16.3 Å². The number of carbonyl (C=O) groups excluding carboxylic acids is 1. The van der Waals surface area contributed by atoms with Crippen molar-refractivity contribution in [3.05, 3.63) is 68.7 Å². The van der Waals surface area contributed by atoms with Crippen LogP contribution in [0, 0.1) is 13.8 Å². The summed E-state index contributed by atoms with van der Waals surface area (Å²) in [6, 6.07) is 5.29.